The van der Waals surface area contributed by atoms with E-state index in [1.54, 1.807) is 24.3 Å². The zero-order chi connectivity index (χ0) is 19.8. The maximum Gasteiger partial charge on any atom is 0.338 e. The van der Waals surface area contributed by atoms with Crippen molar-refractivity contribution in [2.75, 3.05) is 25.1 Å². The second-order valence-electron chi connectivity index (χ2n) is 5.97. The number of anilines is 1. The molecule has 27 heavy (non-hydrogen) atoms. The van der Waals surface area contributed by atoms with Crippen molar-refractivity contribution in [3.63, 3.8) is 0 Å². The van der Waals surface area contributed by atoms with Gasteiger partial charge in [-0.25, -0.2) is 4.79 Å². The van der Waals surface area contributed by atoms with Crippen molar-refractivity contribution in [1.82, 2.24) is 0 Å². The van der Waals surface area contributed by atoms with Crippen LogP contribution in [0.25, 0.3) is 0 Å². The van der Waals surface area contributed by atoms with Gasteiger partial charge in [0.25, 0.3) is 5.91 Å². The van der Waals surface area contributed by atoms with Gasteiger partial charge in [0.1, 0.15) is 0 Å². The van der Waals surface area contributed by atoms with Crippen molar-refractivity contribution in [1.29, 1.82) is 0 Å². The summed E-state index contributed by atoms with van der Waals surface area (Å²) in [6.45, 7) is 8.09. The molecule has 6 nitrogen and oxygen atoms in total. The van der Waals surface area contributed by atoms with E-state index in [0.717, 1.165) is 11.1 Å². The molecular formula is C21H25NO5. The summed E-state index contributed by atoms with van der Waals surface area (Å²) >= 11 is 0. The lowest BCUT2D eigenvalue weighted by atomic mass is 10.1. The molecule has 0 fully saturated rings. The lowest BCUT2D eigenvalue weighted by molar-refractivity contribution is -0.119. The zero-order valence-corrected chi connectivity index (χ0v) is 16.1. The fourth-order valence-corrected chi connectivity index (χ4v) is 2.49. The van der Waals surface area contributed by atoms with E-state index in [9.17, 15) is 9.59 Å². The summed E-state index contributed by atoms with van der Waals surface area (Å²) < 4.78 is 16.2. The lowest BCUT2D eigenvalue weighted by Gasteiger charge is -2.13. The first-order valence-electron chi connectivity index (χ1n) is 8.88. The van der Waals surface area contributed by atoms with Crippen molar-refractivity contribution in [3.8, 4) is 11.5 Å². The predicted molar refractivity (Wildman–Crippen MR) is 104 cm³/mol. The maximum atomic E-state index is 12.2. The van der Waals surface area contributed by atoms with E-state index in [-0.39, 0.29) is 6.61 Å². The van der Waals surface area contributed by atoms with Gasteiger partial charge in [-0.05, 0) is 51.5 Å². The first-order valence-corrected chi connectivity index (χ1v) is 8.88. The van der Waals surface area contributed by atoms with E-state index >= 15 is 0 Å². The second kappa shape index (κ2) is 9.62. The van der Waals surface area contributed by atoms with E-state index in [1.165, 1.54) is 0 Å². The Morgan fingerprint density at radius 2 is 1.63 bits per heavy atom. The molecule has 0 aliphatic rings. The third-order valence-corrected chi connectivity index (χ3v) is 3.77. The molecule has 1 amide bonds. The van der Waals surface area contributed by atoms with Crippen molar-refractivity contribution in [3.05, 3.63) is 53.1 Å². The molecule has 6 heteroatoms. The van der Waals surface area contributed by atoms with Crippen LogP contribution in [-0.2, 0) is 9.53 Å². The average molecular weight is 371 g/mol. The Balaban J connectivity index is 1.98. The monoisotopic (exact) mass is 371 g/mol. The number of carbonyl (C=O) groups is 2. The van der Waals surface area contributed by atoms with Crippen molar-refractivity contribution in [2.45, 2.75) is 27.7 Å². The zero-order valence-electron chi connectivity index (χ0n) is 16.1. The molecule has 1 N–H and O–H groups in total. The number of hydrogen-bond donors (Lipinski definition) is 1. The highest BCUT2D eigenvalue weighted by Crippen LogP contribution is 2.30. The van der Waals surface area contributed by atoms with Crippen LogP contribution in [0.3, 0.4) is 0 Å². The highest BCUT2D eigenvalue weighted by atomic mass is 16.5. The van der Waals surface area contributed by atoms with Crippen LogP contribution in [0, 0.1) is 13.8 Å². The molecule has 0 heterocycles. The molecule has 2 aromatic rings. The Bertz CT molecular complexity index is 816. The van der Waals surface area contributed by atoms with Gasteiger partial charge in [0.15, 0.2) is 18.1 Å². The summed E-state index contributed by atoms with van der Waals surface area (Å²) in [6.07, 6.45) is 0. The Kier molecular flexibility index (Phi) is 7.23. The number of esters is 1. The highest BCUT2D eigenvalue weighted by Gasteiger charge is 2.14. The summed E-state index contributed by atoms with van der Waals surface area (Å²) in [5.74, 6) is 0.205. The molecular weight excluding hydrogens is 346 g/mol. The van der Waals surface area contributed by atoms with Gasteiger partial charge in [-0.2, -0.15) is 0 Å². The van der Waals surface area contributed by atoms with Gasteiger partial charge in [-0.15, -0.1) is 0 Å². The van der Waals surface area contributed by atoms with Crippen LogP contribution < -0.4 is 14.8 Å². The summed E-state index contributed by atoms with van der Waals surface area (Å²) in [6, 6.07) is 10.6. The molecule has 0 saturated heterocycles. The standard InChI is InChI=1S/C21H25NO5/c1-5-25-18-10-9-16(12-19(18)26-6-2)22-20(23)13-27-21(24)17-11-14(3)7-8-15(17)4/h7-12H,5-6,13H2,1-4H3,(H,22,23). The van der Waals surface area contributed by atoms with Crippen LogP contribution in [0.5, 0.6) is 11.5 Å². The van der Waals surface area contributed by atoms with Crippen LogP contribution in [0.15, 0.2) is 36.4 Å². The summed E-state index contributed by atoms with van der Waals surface area (Å²) in [7, 11) is 0. The van der Waals surface area contributed by atoms with Gasteiger partial charge in [0.05, 0.1) is 18.8 Å². The molecule has 0 aliphatic heterocycles. The van der Waals surface area contributed by atoms with Crippen LogP contribution >= 0.6 is 0 Å². The minimum absolute atomic E-state index is 0.372. The molecule has 0 radical (unpaired) electrons. The number of hydrogen-bond acceptors (Lipinski definition) is 5. The number of aryl methyl sites for hydroxylation is 2. The van der Waals surface area contributed by atoms with Crippen LogP contribution in [-0.4, -0.2) is 31.7 Å². The van der Waals surface area contributed by atoms with Gasteiger partial charge in [0.2, 0.25) is 0 Å². The molecule has 0 saturated carbocycles. The van der Waals surface area contributed by atoms with Crippen LogP contribution in [0.1, 0.15) is 35.3 Å². The molecule has 0 bridgehead atoms. The predicted octanol–water partition coefficient (Wildman–Crippen LogP) is 3.90. The summed E-state index contributed by atoms with van der Waals surface area (Å²) in [5, 5.41) is 2.69. The maximum absolute atomic E-state index is 12.2. The fourth-order valence-electron chi connectivity index (χ4n) is 2.49. The first-order chi connectivity index (χ1) is 12.9. The number of amides is 1. The minimum Gasteiger partial charge on any atom is -0.490 e. The van der Waals surface area contributed by atoms with E-state index in [2.05, 4.69) is 5.32 Å². The topological polar surface area (TPSA) is 73.9 Å². The third kappa shape index (κ3) is 5.74. The van der Waals surface area contributed by atoms with Crippen molar-refractivity contribution >= 4 is 17.6 Å². The SMILES string of the molecule is CCOc1ccc(NC(=O)COC(=O)c2cc(C)ccc2C)cc1OCC. The number of nitrogens with one attached hydrogen (secondary N) is 1. The average Bonchev–Trinajstić information content (AvgIpc) is 2.64. The number of rotatable bonds is 8. The Morgan fingerprint density at radius 1 is 0.926 bits per heavy atom. The molecule has 0 spiro atoms. The van der Waals surface area contributed by atoms with Gasteiger partial charge in [0, 0.05) is 11.8 Å². The van der Waals surface area contributed by atoms with Crippen molar-refractivity contribution in [2.24, 2.45) is 0 Å². The minimum atomic E-state index is -0.520. The van der Waals surface area contributed by atoms with E-state index in [0.29, 0.717) is 36.0 Å². The lowest BCUT2D eigenvalue weighted by Crippen LogP contribution is -2.21. The summed E-state index contributed by atoms with van der Waals surface area (Å²) in [5.41, 5.74) is 2.76. The number of ether oxygens (including phenoxy) is 3. The Labute approximate surface area is 159 Å². The highest BCUT2D eigenvalue weighted by molar-refractivity contribution is 5.96. The Hall–Kier alpha value is -3.02. The number of carbonyl (C=O) groups excluding carboxylic acids is 2. The second-order valence-corrected chi connectivity index (χ2v) is 5.97. The molecule has 0 aliphatic carbocycles. The van der Waals surface area contributed by atoms with Gasteiger partial charge in [-0.3, -0.25) is 4.79 Å². The van der Waals surface area contributed by atoms with Crippen molar-refractivity contribution < 1.29 is 23.8 Å². The van der Waals surface area contributed by atoms with Gasteiger partial charge < -0.3 is 19.5 Å². The smallest absolute Gasteiger partial charge is 0.338 e. The normalized spacial score (nSPS) is 10.2. The molecule has 0 atom stereocenters. The molecule has 2 aromatic carbocycles. The van der Waals surface area contributed by atoms with Gasteiger partial charge >= 0.3 is 5.97 Å². The van der Waals surface area contributed by atoms with Gasteiger partial charge in [-0.1, -0.05) is 17.7 Å². The van der Waals surface area contributed by atoms with Crippen LogP contribution in [0.2, 0.25) is 0 Å². The molecule has 2 rings (SSSR count). The Morgan fingerprint density at radius 3 is 2.33 bits per heavy atom. The number of benzene rings is 2. The molecule has 0 unspecified atom stereocenters. The first kappa shape index (κ1) is 20.3. The molecule has 144 valence electrons. The molecule has 0 aromatic heterocycles. The third-order valence-electron chi connectivity index (χ3n) is 3.77. The van der Waals surface area contributed by atoms with E-state index < -0.39 is 11.9 Å². The quantitative estimate of drug-likeness (QED) is 0.713. The van der Waals surface area contributed by atoms with Crippen LogP contribution in [0.4, 0.5) is 5.69 Å². The van der Waals surface area contributed by atoms with E-state index in [4.69, 9.17) is 14.2 Å². The largest absolute Gasteiger partial charge is 0.490 e. The fraction of sp³-hybridized carbons (Fsp3) is 0.333. The van der Waals surface area contributed by atoms with E-state index in [1.807, 2.05) is 39.8 Å². The summed E-state index contributed by atoms with van der Waals surface area (Å²) in [4.78, 5) is 24.3.